The quantitative estimate of drug-likeness (QED) is 0.0485. The average molecular weight is 768 g/mol. The summed E-state index contributed by atoms with van der Waals surface area (Å²) in [5.41, 5.74) is 3.87. The van der Waals surface area contributed by atoms with Crippen LogP contribution in [0.15, 0.2) is 122 Å². The Hall–Kier alpha value is -2.63. The minimum absolute atomic E-state index is 1.12. The highest BCUT2D eigenvalue weighted by Crippen LogP contribution is 2.02. The molecular weight excluding hydrogens is 706 g/mol. The number of alkyl halides is 2. The molecule has 0 spiro atoms. The van der Waals surface area contributed by atoms with Crippen molar-refractivity contribution in [1.82, 2.24) is 4.98 Å². The fourth-order valence-corrected chi connectivity index (χ4v) is 5.35. The summed E-state index contributed by atoms with van der Waals surface area (Å²) >= 11 is 6.85. The predicted molar refractivity (Wildman–Crippen MR) is 211 cm³/mol. The van der Waals surface area contributed by atoms with Gasteiger partial charge in [-0.2, -0.15) is 0 Å². The van der Waals surface area contributed by atoms with E-state index in [-0.39, 0.29) is 0 Å². The van der Waals surface area contributed by atoms with Gasteiger partial charge in [-0.15, -0.1) is 0 Å². The molecule has 0 N–H and O–H groups in total. The van der Waals surface area contributed by atoms with Crippen molar-refractivity contribution < 1.29 is 9.13 Å². The highest BCUT2D eigenvalue weighted by Gasteiger charge is 2.00. The Bertz CT molecular complexity index is 1170. The molecule has 0 unspecified atom stereocenters. The van der Waals surface area contributed by atoms with Gasteiger partial charge < -0.3 is 0 Å². The van der Waals surface area contributed by atoms with Gasteiger partial charge in [-0.3, -0.25) is 4.98 Å². The molecule has 0 atom stereocenters. The molecule has 0 bridgehead atoms. The predicted octanol–water partition coefficient (Wildman–Crippen LogP) is 11.7. The Morgan fingerprint density at radius 1 is 0.532 bits per heavy atom. The monoisotopic (exact) mass is 765 g/mol. The molecule has 0 saturated carbocycles. The summed E-state index contributed by atoms with van der Waals surface area (Å²) in [6.07, 6.45) is 45.0. The van der Waals surface area contributed by atoms with Gasteiger partial charge in [0.1, 0.15) is 13.1 Å². The molecule has 0 aliphatic carbocycles. The van der Waals surface area contributed by atoms with Crippen LogP contribution in [0, 0.1) is 20.8 Å². The number of rotatable bonds is 20. The van der Waals surface area contributed by atoms with Crippen LogP contribution >= 0.6 is 31.9 Å². The molecule has 3 rings (SSSR count). The number of aryl methyl sites for hydroxylation is 5. The van der Waals surface area contributed by atoms with E-state index >= 15 is 0 Å². The third-order valence-electron chi connectivity index (χ3n) is 7.17. The van der Waals surface area contributed by atoms with Gasteiger partial charge in [0, 0.05) is 59.2 Å². The van der Waals surface area contributed by atoms with Gasteiger partial charge in [0.2, 0.25) is 0 Å². The molecule has 5 heteroatoms. The van der Waals surface area contributed by atoms with E-state index in [0.717, 1.165) is 23.7 Å². The molecule has 3 aromatic rings. The van der Waals surface area contributed by atoms with Crippen molar-refractivity contribution in [2.24, 2.45) is 0 Å². The van der Waals surface area contributed by atoms with Crippen LogP contribution in [0.25, 0.3) is 0 Å². The molecular formula is C42H61Br2N3+2. The Labute approximate surface area is 304 Å². The number of allylic oxidation sites excluding steroid dienone is 8. The zero-order chi connectivity index (χ0) is 34.0. The minimum Gasteiger partial charge on any atom is -0.264 e. The second-order valence-electron chi connectivity index (χ2n) is 11.8. The van der Waals surface area contributed by atoms with E-state index in [1.54, 1.807) is 6.20 Å². The smallest absolute Gasteiger partial charge is 0.171 e. The SMILES string of the molecule is BrCCCC/C=C\C=C/CCCCBr.Cc1ccc[n+](CCCC/C=C\C=C/CCCC[n+]2cccc(C)c2)c1.Cc1cccnc1. The number of nitrogens with zero attached hydrogens (tertiary/aromatic N) is 3. The van der Waals surface area contributed by atoms with Crippen LogP contribution < -0.4 is 9.13 Å². The van der Waals surface area contributed by atoms with Crippen molar-refractivity contribution in [3.05, 3.63) is 139 Å². The molecule has 47 heavy (non-hydrogen) atoms. The Kier molecular flexibility index (Phi) is 28.8. The van der Waals surface area contributed by atoms with E-state index < -0.39 is 0 Å². The molecule has 3 aromatic heterocycles. The molecule has 3 heterocycles. The molecule has 0 saturated heterocycles. The lowest BCUT2D eigenvalue weighted by Gasteiger charge is -1.97. The van der Waals surface area contributed by atoms with Crippen molar-refractivity contribution in [1.29, 1.82) is 0 Å². The van der Waals surface area contributed by atoms with E-state index in [4.69, 9.17) is 0 Å². The molecule has 0 fully saturated rings. The summed E-state index contributed by atoms with van der Waals surface area (Å²) in [6, 6.07) is 12.5. The summed E-state index contributed by atoms with van der Waals surface area (Å²) in [6.45, 7) is 8.54. The van der Waals surface area contributed by atoms with Gasteiger partial charge in [0.15, 0.2) is 24.8 Å². The van der Waals surface area contributed by atoms with Gasteiger partial charge >= 0.3 is 0 Å². The minimum atomic E-state index is 1.12. The highest BCUT2D eigenvalue weighted by atomic mass is 79.9. The van der Waals surface area contributed by atoms with E-state index in [1.807, 2.05) is 25.3 Å². The number of pyridine rings is 3. The third kappa shape index (κ3) is 28.1. The van der Waals surface area contributed by atoms with Gasteiger partial charge in [0.25, 0.3) is 0 Å². The highest BCUT2D eigenvalue weighted by molar-refractivity contribution is 9.09. The van der Waals surface area contributed by atoms with Gasteiger partial charge in [-0.25, -0.2) is 9.13 Å². The van der Waals surface area contributed by atoms with Crippen LogP contribution in [0.3, 0.4) is 0 Å². The normalized spacial score (nSPS) is 11.3. The zero-order valence-corrected chi connectivity index (χ0v) is 32.6. The summed E-state index contributed by atoms with van der Waals surface area (Å²) in [5.74, 6) is 0. The van der Waals surface area contributed by atoms with Crippen LogP contribution in [0.1, 0.15) is 93.7 Å². The van der Waals surface area contributed by atoms with E-state index in [2.05, 4.69) is 157 Å². The number of unbranched alkanes of at least 4 members (excludes halogenated alkanes) is 8. The Morgan fingerprint density at radius 2 is 0.936 bits per heavy atom. The zero-order valence-electron chi connectivity index (χ0n) is 29.5. The van der Waals surface area contributed by atoms with Crippen LogP contribution in [0.2, 0.25) is 0 Å². The lowest BCUT2D eigenvalue weighted by molar-refractivity contribution is -0.697. The topological polar surface area (TPSA) is 20.6 Å². The second kappa shape index (κ2) is 31.9. The van der Waals surface area contributed by atoms with Crippen molar-refractivity contribution in [2.45, 2.75) is 111 Å². The Morgan fingerprint density at radius 3 is 1.26 bits per heavy atom. The second-order valence-corrected chi connectivity index (χ2v) is 13.4. The van der Waals surface area contributed by atoms with Crippen LogP contribution in [0.4, 0.5) is 0 Å². The summed E-state index contributed by atoms with van der Waals surface area (Å²) in [4.78, 5) is 3.88. The molecule has 0 aliphatic heterocycles. The summed E-state index contributed by atoms with van der Waals surface area (Å²) in [5, 5.41) is 2.26. The molecule has 0 radical (unpaired) electrons. The van der Waals surface area contributed by atoms with Crippen molar-refractivity contribution in [3.8, 4) is 0 Å². The third-order valence-corrected chi connectivity index (χ3v) is 8.29. The number of aromatic nitrogens is 3. The maximum absolute atomic E-state index is 3.88. The van der Waals surface area contributed by atoms with Gasteiger partial charge in [0.05, 0.1) is 0 Å². The first-order valence-electron chi connectivity index (χ1n) is 17.6. The fourth-order valence-electron chi connectivity index (χ4n) is 4.56. The van der Waals surface area contributed by atoms with Crippen molar-refractivity contribution in [2.75, 3.05) is 10.7 Å². The lowest BCUT2D eigenvalue weighted by Crippen LogP contribution is -2.32. The first kappa shape index (κ1) is 42.4. The molecule has 0 aromatic carbocycles. The summed E-state index contributed by atoms with van der Waals surface area (Å²) < 4.78 is 4.57. The summed E-state index contributed by atoms with van der Waals surface area (Å²) in [7, 11) is 0. The number of halogens is 2. The van der Waals surface area contributed by atoms with Crippen molar-refractivity contribution >= 4 is 31.9 Å². The first-order valence-corrected chi connectivity index (χ1v) is 19.8. The van der Waals surface area contributed by atoms with E-state index in [9.17, 15) is 0 Å². The lowest BCUT2D eigenvalue weighted by atomic mass is 10.2. The largest absolute Gasteiger partial charge is 0.264 e. The maximum atomic E-state index is 3.88. The molecule has 0 aliphatic rings. The average Bonchev–Trinajstić information content (AvgIpc) is 3.07. The van der Waals surface area contributed by atoms with Crippen LogP contribution in [0.5, 0.6) is 0 Å². The van der Waals surface area contributed by atoms with Gasteiger partial charge in [-0.05, 0) is 109 Å². The molecule has 3 nitrogen and oxygen atoms in total. The molecule has 0 amide bonds. The van der Waals surface area contributed by atoms with E-state index in [1.165, 1.54) is 93.7 Å². The standard InChI is InChI=1S/C24H34N2.C12H20Br2.C6H7N/c1-23-15-13-19-25(21-23)17-11-9-7-5-3-4-6-8-10-12-18-26-20-14-16-24(2)22-26;13-11-9-7-5-3-1-2-4-6-8-10-12-14;1-6-3-2-4-7-5-6/h3-6,13-16,19-22H,7-12,17-18H2,1-2H3;1-4H,5-12H2;2-5H,1H3/q+2;;/b5-3-,6-4-;3-1-,4-2-;. The molecule has 256 valence electrons. The van der Waals surface area contributed by atoms with E-state index in [0.29, 0.717) is 0 Å². The van der Waals surface area contributed by atoms with Gasteiger partial charge in [-0.1, -0.05) is 86.5 Å². The Balaban J connectivity index is 0.000000436. The van der Waals surface area contributed by atoms with Crippen molar-refractivity contribution in [3.63, 3.8) is 0 Å². The maximum Gasteiger partial charge on any atom is 0.171 e. The van der Waals surface area contributed by atoms with Crippen LogP contribution in [-0.2, 0) is 13.1 Å². The first-order chi connectivity index (χ1) is 23.0. The number of hydrogen-bond donors (Lipinski definition) is 0. The fraction of sp³-hybridized carbons (Fsp3) is 0.452. The van der Waals surface area contributed by atoms with Crippen LogP contribution in [-0.4, -0.2) is 15.6 Å². The number of hydrogen-bond acceptors (Lipinski definition) is 1.